The van der Waals surface area contributed by atoms with Crippen molar-refractivity contribution in [2.45, 2.75) is 20.8 Å². The van der Waals surface area contributed by atoms with Crippen LogP contribution in [-0.2, 0) is 0 Å². The number of hydrogen-bond donors (Lipinski definition) is 2. The Kier molecular flexibility index (Phi) is 6.16. The van der Waals surface area contributed by atoms with E-state index < -0.39 is 0 Å². The van der Waals surface area contributed by atoms with Crippen molar-refractivity contribution < 1.29 is 4.79 Å². The Morgan fingerprint density at radius 2 is 1.86 bits per heavy atom. The highest BCUT2D eigenvalue weighted by atomic mass is 35.5. The lowest BCUT2D eigenvalue weighted by Gasteiger charge is -2.11. The number of rotatable bonds is 6. The lowest BCUT2D eigenvalue weighted by atomic mass is 10.2. The first-order valence-corrected chi connectivity index (χ1v) is 9.45. The number of aryl methyl sites for hydroxylation is 3. The van der Waals surface area contributed by atoms with Gasteiger partial charge in [-0.3, -0.25) is 4.79 Å². The summed E-state index contributed by atoms with van der Waals surface area (Å²) in [6.07, 6.45) is 0. The normalized spacial score (nSPS) is 10.8. The van der Waals surface area contributed by atoms with Crippen molar-refractivity contribution in [1.82, 2.24) is 25.1 Å². The number of benzene rings is 1. The molecular formula is C19H20Cl2N6O. The van der Waals surface area contributed by atoms with E-state index in [4.69, 9.17) is 23.2 Å². The molecule has 0 spiro atoms. The first-order valence-electron chi connectivity index (χ1n) is 8.70. The van der Waals surface area contributed by atoms with Crippen LogP contribution in [0.5, 0.6) is 0 Å². The van der Waals surface area contributed by atoms with Gasteiger partial charge in [-0.1, -0.05) is 23.2 Å². The van der Waals surface area contributed by atoms with Gasteiger partial charge in [0.1, 0.15) is 11.6 Å². The van der Waals surface area contributed by atoms with Crippen molar-refractivity contribution in [3.63, 3.8) is 0 Å². The van der Waals surface area contributed by atoms with Gasteiger partial charge in [0.15, 0.2) is 5.82 Å². The maximum absolute atomic E-state index is 12.2. The number of aromatic nitrogens is 4. The van der Waals surface area contributed by atoms with Gasteiger partial charge >= 0.3 is 0 Å². The smallest absolute Gasteiger partial charge is 0.252 e. The van der Waals surface area contributed by atoms with Crippen LogP contribution in [0.1, 0.15) is 27.6 Å². The molecule has 0 saturated carbocycles. The molecule has 0 aliphatic rings. The molecule has 28 heavy (non-hydrogen) atoms. The standard InChI is InChI=1S/C19H20Cl2N6O/c1-11-8-12(2)27(26-11)18-10-17(24-13(3)25-18)22-6-7-23-19(28)15-5-4-14(20)9-16(15)21/h4-5,8-10H,6-7H2,1-3H3,(H,23,28)(H,22,24,25). The molecule has 0 atom stereocenters. The average molecular weight is 419 g/mol. The van der Waals surface area contributed by atoms with Crippen molar-refractivity contribution in [2.75, 3.05) is 18.4 Å². The van der Waals surface area contributed by atoms with Crippen LogP contribution in [-0.4, -0.2) is 38.7 Å². The van der Waals surface area contributed by atoms with Crippen molar-refractivity contribution in [3.05, 3.63) is 63.2 Å². The summed E-state index contributed by atoms with van der Waals surface area (Å²) in [5, 5.41) is 11.3. The van der Waals surface area contributed by atoms with Crippen LogP contribution in [0.15, 0.2) is 30.3 Å². The summed E-state index contributed by atoms with van der Waals surface area (Å²) in [6.45, 7) is 6.62. The Balaban J connectivity index is 1.60. The van der Waals surface area contributed by atoms with Crippen LogP contribution in [0.2, 0.25) is 10.0 Å². The Morgan fingerprint density at radius 3 is 2.54 bits per heavy atom. The number of nitrogens with zero attached hydrogens (tertiary/aromatic N) is 4. The molecule has 146 valence electrons. The van der Waals surface area contributed by atoms with Gasteiger partial charge in [0.05, 0.1) is 16.3 Å². The Labute approximate surface area is 173 Å². The molecule has 0 saturated heterocycles. The van der Waals surface area contributed by atoms with E-state index in [-0.39, 0.29) is 5.91 Å². The SMILES string of the molecule is Cc1cc(C)n(-c2cc(NCCNC(=O)c3ccc(Cl)cc3Cl)nc(C)n2)n1. The predicted molar refractivity (Wildman–Crippen MR) is 111 cm³/mol. The highest BCUT2D eigenvalue weighted by molar-refractivity contribution is 6.36. The second-order valence-electron chi connectivity index (χ2n) is 6.30. The largest absolute Gasteiger partial charge is 0.368 e. The second kappa shape index (κ2) is 8.58. The lowest BCUT2D eigenvalue weighted by molar-refractivity contribution is 0.0955. The van der Waals surface area contributed by atoms with E-state index in [1.807, 2.05) is 32.9 Å². The molecule has 3 rings (SSSR count). The molecule has 9 heteroatoms. The fraction of sp³-hybridized carbons (Fsp3) is 0.263. The van der Waals surface area contributed by atoms with Crippen molar-refractivity contribution >= 4 is 34.9 Å². The third-order valence-corrected chi connectivity index (χ3v) is 4.49. The highest BCUT2D eigenvalue weighted by Crippen LogP contribution is 2.20. The average Bonchev–Trinajstić information content (AvgIpc) is 2.96. The molecule has 1 aromatic carbocycles. The molecule has 3 aromatic rings. The predicted octanol–water partition coefficient (Wildman–Crippen LogP) is 3.74. The molecule has 7 nitrogen and oxygen atoms in total. The number of anilines is 1. The van der Waals surface area contributed by atoms with Gasteiger partial charge in [0.2, 0.25) is 0 Å². The summed E-state index contributed by atoms with van der Waals surface area (Å²) in [5.74, 6) is 1.72. The maximum atomic E-state index is 12.2. The van der Waals surface area contributed by atoms with E-state index in [0.717, 1.165) is 11.4 Å². The Morgan fingerprint density at radius 1 is 1.07 bits per heavy atom. The van der Waals surface area contributed by atoms with Gasteiger partial charge in [-0.25, -0.2) is 14.6 Å². The van der Waals surface area contributed by atoms with Gasteiger partial charge in [-0.15, -0.1) is 0 Å². The highest BCUT2D eigenvalue weighted by Gasteiger charge is 2.11. The molecule has 0 fully saturated rings. The second-order valence-corrected chi connectivity index (χ2v) is 7.15. The van der Waals surface area contributed by atoms with Crippen molar-refractivity contribution in [2.24, 2.45) is 0 Å². The van der Waals surface area contributed by atoms with E-state index in [2.05, 4.69) is 25.7 Å². The number of hydrogen-bond acceptors (Lipinski definition) is 5. The third-order valence-electron chi connectivity index (χ3n) is 3.94. The van der Waals surface area contributed by atoms with Gasteiger partial charge in [0, 0.05) is 29.9 Å². The zero-order valence-electron chi connectivity index (χ0n) is 15.8. The topological polar surface area (TPSA) is 84.7 Å². The van der Waals surface area contributed by atoms with E-state index >= 15 is 0 Å². The minimum atomic E-state index is -0.259. The minimum absolute atomic E-state index is 0.259. The molecule has 0 bridgehead atoms. The number of nitrogens with one attached hydrogen (secondary N) is 2. The number of halogens is 2. The summed E-state index contributed by atoms with van der Waals surface area (Å²) in [6, 6.07) is 8.58. The molecule has 2 heterocycles. The number of carbonyl (C=O) groups excluding carboxylic acids is 1. The van der Waals surface area contributed by atoms with E-state index in [1.165, 1.54) is 0 Å². The Bertz CT molecular complexity index is 1020. The molecule has 0 aliphatic carbocycles. The first-order chi connectivity index (χ1) is 13.3. The summed E-state index contributed by atoms with van der Waals surface area (Å²) in [4.78, 5) is 21.0. The summed E-state index contributed by atoms with van der Waals surface area (Å²) >= 11 is 11.9. The molecule has 0 aliphatic heterocycles. The molecule has 1 amide bonds. The molecule has 0 unspecified atom stereocenters. The van der Waals surface area contributed by atoms with Gasteiger partial charge in [-0.05, 0) is 45.0 Å². The fourth-order valence-electron chi connectivity index (χ4n) is 2.75. The van der Waals surface area contributed by atoms with Crippen LogP contribution in [0.3, 0.4) is 0 Å². The zero-order chi connectivity index (χ0) is 20.3. The van der Waals surface area contributed by atoms with Crippen LogP contribution >= 0.6 is 23.2 Å². The number of amides is 1. The molecular weight excluding hydrogens is 399 g/mol. The van der Waals surface area contributed by atoms with Crippen LogP contribution < -0.4 is 10.6 Å². The maximum Gasteiger partial charge on any atom is 0.252 e. The van der Waals surface area contributed by atoms with Gasteiger partial charge in [-0.2, -0.15) is 5.10 Å². The minimum Gasteiger partial charge on any atom is -0.368 e. The van der Waals surface area contributed by atoms with Crippen LogP contribution in [0.4, 0.5) is 5.82 Å². The summed E-state index contributed by atoms with van der Waals surface area (Å²) in [5.41, 5.74) is 2.30. The van der Waals surface area contributed by atoms with E-state index in [0.29, 0.717) is 46.2 Å². The molecule has 2 aromatic heterocycles. The van der Waals surface area contributed by atoms with E-state index in [9.17, 15) is 4.79 Å². The van der Waals surface area contributed by atoms with Crippen LogP contribution in [0, 0.1) is 20.8 Å². The van der Waals surface area contributed by atoms with Crippen molar-refractivity contribution in [1.29, 1.82) is 0 Å². The zero-order valence-corrected chi connectivity index (χ0v) is 17.3. The first kappa shape index (κ1) is 20.1. The lowest BCUT2D eigenvalue weighted by Crippen LogP contribution is -2.29. The fourth-order valence-corrected chi connectivity index (χ4v) is 3.24. The van der Waals surface area contributed by atoms with Crippen molar-refractivity contribution in [3.8, 4) is 5.82 Å². The molecule has 0 radical (unpaired) electrons. The quantitative estimate of drug-likeness (QED) is 0.595. The van der Waals surface area contributed by atoms with Gasteiger partial charge in [0.25, 0.3) is 5.91 Å². The monoisotopic (exact) mass is 418 g/mol. The third kappa shape index (κ3) is 4.79. The molecule has 2 N–H and O–H groups in total. The van der Waals surface area contributed by atoms with Crippen LogP contribution in [0.25, 0.3) is 5.82 Å². The Hall–Kier alpha value is -2.64. The van der Waals surface area contributed by atoms with Gasteiger partial charge < -0.3 is 10.6 Å². The van der Waals surface area contributed by atoms with E-state index in [1.54, 1.807) is 22.9 Å². The summed E-state index contributed by atoms with van der Waals surface area (Å²) in [7, 11) is 0. The number of carbonyl (C=O) groups is 1. The summed E-state index contributed by atoms with van der Waals surface area (Å²) < 4.78 is 1.78.